The first-order valence-corrected chi connectivity index (χ1v) is 40.7. The minimum Gasteiger partial charge on any atom is -0.477 e. The quantitative estimate of drug-likeness (QED) is 0.117. The Hall–Kier alpha value is -5.58. The van der Waals surface area contributed by atoms with Crippen LogP contribution in [0.4, 0.5) is 17.1 Å². The van der Waals surface area contributed by atoms with Gasteiger partial charge in [-0.3, -0.25) is 14.4 Å². The molecule has 2 atom stereocenters. The van der Waals surface area contributed by atoms with E-state index in [2.05, 4.69) is 77.1 Å². The van der Waals surface area contributed by atoms with Crippen LogP contribution in [0.15, 0.2) is 18.2 Å². The minimum absolute atomic E-state index is 0.0365. The molecule has 97 heavy (non-hydrogen) atoms. The Morgan fingerprint density at radius 1 is 0.454 bits per heavy atom. The summed E-state index contributed by atoms with van der Waals surface area (Å²) in [5.74, 6) is 18.6. The molecule has 3 aromatic rings. The predicted molar refractivity (Wildman–Crippen MR) is 389 cm³/mol. The van der Waals surface area contributed by atoms with Gasteiger partial charge in [0.05, 0.1) is 70.5 Å². The van der Waals surface area contributed by atoms with Crippen LogP contribution in [0.25, 0.3) is 0 Å². The molecule has 6 fully saturated rings. The van der Waals surface area contributed by atoms with E-state index < -0.39 is 38.0 Å². The van der Waals surface area contributed by atoms with E-state index in [0.29, 0.717) is 80.3 Å². The first kappa shape index (κ1) is 78.8. The zero-order valence-electron chi connectivity index (χ0n) is 60.1. The van der Waals surface area contributed by atoms with Gasteiger partial charge in [0.2, 0.25) is 37.8 Å². The fraction of sp³-hybridized carbons (Fsp3) is 0.676. The van der Waals surface area contributed by atoms with Gasteiger partial charge in [-0.05, 0) is 201 Å². The lowest BCUT2D eigenvalue weighted by Crippen LogP contribution is -2.46. The summed E-state index contributed by atoms with van der Waals surface area (Å²) in [4.78, 5) is 87.1. The normalized spacial score (nSPS) is 23.5. The van der Waals surface area contributed by atoms with Gasteiger partial charge in [0, 0.05) is 66.2 Å². The number of esters is 2. The zero-order chi connectivity index (χ0) is 71.7. The number of ether oxygens (including phenoxy) is 2. The maximum atomic E-state index is 13.9. The van der Waals surface area contributed by atoms with E-state index in [9.17, 15) is 50.7 Å². The van der Waals surface area contributed by atoms with Crippen molar-refractivity contribution in [2.24, 2.45) is 51.8 Å². The fourth-order valence-electron chi connectivity index (χ4n) is 13.4. The Bertz CT molecular complexity index is 3740. The topological polar surface area (TPSA) is 226 Å². The third kappa shape index (κ3) is 22.0. The van der Waals surface area contributed by atoms with E-state index in [0.717, 1.165) is 125 Å². The monoisotopic (exact) mass is 1430 g/mol. The number of carboxylic acid groups (broad SMARTS) is 1. The van der Waals surface area contributed by atoms with Crippen molar-refractivity contribution in [2.75, 3.05) is 67.6 Å². The van der Waals surface area contributed by atoms with Gasteiger partial charge in [0.1, 0.15) is 14.6 Å². The van der Waals surface area contributed by atoms with Crippen molar-refractivity contribution in [1.29, 1.82) is 0 Å². The van der Waals surface area contributed by atoms with Crippen molar-refractivity contribution in [2.45, 2.75) is 217 Å². The van der Waals surface area contributed by atoms with Gasteiger partial charge in [0.25, 0.3) is 0 Å². The lowest BCUT2D eigenvalue weighted by atomic mass is 9.82. The Labute approximate surface area is 590 Å². The van der Waals surface area contributed by atoms with Crippen molar-refractivity contribution in [1.82, 2.24) is 8.61 Å². The molecule has 0 unspecified atom stereocenters. The summed E-state index contributed by atoms with van der Waals surface area (Å²) in [6.07, 6.45) is 18.7. The highest BCUT2D eigenvalue weighted by atomic mass is 32.2. The molecule has 4 aliphatic carbocycles. The molecule has 0 spiro atoms. The number of nitrogens with zero attached hydrogens (tertiary/aromatic N) is 5. The third-order valence-electron chi connectivity index (χ3n) is 19.0. The van der Waals surface area contributed by atoms with Crippen molar-refractivity contribution < 1.29 is 60.2 Å². The molecular weight excluding hydrogens is 1330 g/mol. The van der Waals surface area contributed by atoms with Crippen LogP contribution >= 0.6 is 34.0 Å². The lowest BCUT2D eigenvalue weighted by molar-refractivity contribution is -0.124. The van der Waals surface area contributed by atoms with Gasteiger partial charge in [0.15, 0.2) is 0 Å². The number of carboxylic acids is 1. The molecule has 3 amide bonds. The number of rotatable bonds is 14. The zero-order valence-corrected chi connectivity index (χ0v) is 64.2. The number of sulfonamides is 2. The lowest BCUT2D eigenvalue weighted by Gasteiger charge is -2.34. The average molecular weight is 1430 g/mol. The first-order valence-electron chi connectivity index (χ1n) is 34.6. The number of carbonyl (C=O) groups excluding carboxylic acids is 5. The number of amides is 3. The van der Waals surface area contributed by atoms with Gasteiger partial charge in [-0.2, -0.15) is 0 Å². The second-order valence-electron chi connectivity index (χ2n) is 30.8. The third-order valence-corrected chi connectivity index (χ3v) is 24.6. The average Bonchev–Trinajstić information content (AvgIpc) is 1.66. The Morgan fingerprint density at radius 3 is 0.990 bits per heavy atom. The fourth-order valence-corrected chi connectivity index (χ4v) is 17.9. The van der Waals surface area contributed by atoms with Crippen LogP contribution in [0.2, 0.25) is 0 Å². The Kier molecular flexibility index (Phi) is 27.0. The van der Waals surface area contributed by atoms with Gasteiger partial charge in [-0.1, -0.05) is 69.1 Å². The van der Waals surface area contributed by atoms with E-state index in [1.165, 1.54) is 51.8 Å². The molecule has 2 saturated heterocycles. The SMILES string of the molecule is CC1CCC(C(=O)N(c2cc(C#CC(C)(C)C)sc2C(=O)O)[C@H]2CCN(S(C)(=O)=O)C2)CC1.COC(=O)c1sc(C#CC(C)(C)C)cc1N(C(=O)C1CCC(C)CC1)C1CCCC1.COC(=O)c1sc(C#CC(C)(C)C)cc1N(C(=O)C1CCC(C)CC1)[C@H]1CCN(S(C)(=O)=O)C1. The number of aromatic carboxylic acids is 1. The molecule has 1 N–H and O–H groups in total. The number of hydrogen-bond donors (Lipinski definition) is 1. The highest BCUT2D eigenvalue weighted by Gasteiger charge is 2.44. The molecular formula is C74H105N5O13S5. The Morgan fingerprint density at radius 2 is 0.732 bits per heavy atom. The van der Waals surface area contributed by atoms with Crippen LogP contribution in [0, 0.1) is 87.3 Å². The number of carbonyl (C=O) groups is 6. The number of anilines is 3. The molecule has 9 rings (SSSR count). The summed E-state index contributed by atoms with van der Waals surface area (Å²) in [5, 5.41) is 9.92. The smallest absolute Gasteiger partial charge is 0.350 e. The molecule has 534 valence electrons. The van der Waals surface area contributed by atoms with Crippen LogP contribution in [-0.4, -0.2) is 137 Å². The van der Waals surface area contributed by atoms with E-state index in [4.69, 9.17) is 9.47 Å². The van der Waals surface area contributed by atoms with Crippen LogP contribution in [0.3, 0.4) is 0 Å². The van der Waals surface area contributed by atoms with Crippen LogP contribution in [0.5, 0.6) is 0 Å². The summed E-state index contributed by atoms with van der Waals surface area (Å²) in [6.45, 7) is 25.9. The maximum Gasteiger partial charge on any atom is 0.350 e. The van der Waals surface area contributed by atoms with Crippen LogP contribution < -0.4 is 14.7 Å². The summed E-state index contributed by atoms with van der Waals surface area (Å²) in [5.41, 5.74) is 0.943. The minimum atomic E-state index is -3.40. The molecule has 0 aromatic carbocycles. The van der Waals surface area contributed by atoms with Crippen LogP contribution in [0.1, 0.15) is 242 Å². The molecule has 5 heterocycles. The summed E-state index contributed by atoms with van der Waals surface area (Å²) >= 11 is 3.63. The van der Waals surface area contributed by atoms with Crippen LogP contribution in [-0.2, 0) is 43.9 Å². The second kappa shape index (κ2) is 33.3. The van der Waals surface area contributed by atoms with Crippen molar-refractivity contribution in [3.05, 3.63) is 47.5 Å². The van der Waals surface area contributed by atoms with Gasteiger partial charge in [-0.15, -0.1) is 34.0 Å². The highest BCUT2D eigenvalue weighted by molar-refractivity contribution is 7.88. The highest BCUT2D eigenvalue weighted by Crippen LogP contribution is 2.43. The number of hydrogen-bond acceptors (Lipinski definition) is 15. The molecule has 6 aliphatic rings. The number of thiophene rings is 3. The predicted octanol–water partition coefficient (Wildman–Crippen LogP) is 14.2. The Balaban J connectivity index is 0.000000205. The summed E-state index contributed by atoms with van der Waals surface area (Å²) < 4.78 is 61.5. The maximum absolute atomic E-state index is 13.9. The van der Waals surface area contributed by atoms with E-state index in [1.54, 1.807) is 21.9 Å². The van der Waals surface area contributed by atoms with E-state index >= 15 is 0 Å². The molecule has 2 aliphatic heterocycles. The molecule has 23 heteroatoms. The molecule has 4 saturated carbocycles. The summed E-state index contributed by atoms with van der Waals surface area (Å²) in [6, 6.07) is 4.85. The second-order valence-corrected chi connectivity index (χ2v) is 37.9. The standard InChI is InChI=1S/C25H36N2O5S2.C25H35NO3S.C24H34N2O5S2/c1-17-7-9-18(10-8-17)23(28)27(19-12-14-26(16-19)34(6,30)31)21-15-20(11-13-25(2,3)4)33-22(21)24(29)32-5;1-17-10-12-18(13-11-17)23(27)26(19-8-6-7-9-19)21-16-20(14-15-25(2,3)4)30-22(21)24(28)29-5;1-16-6-8-17(9-7-16)22(27)26(18-11-13-25(15-18)33(5,30)31)20-14-19(10-12-24(2,3)4)32-21(20)23(28)29/h15,17-19H,7-10,12,14,16H2,1-6H3;16-19H,6-13H2,1-5H3;14,16-18H,6-9,11,13,15H2,1-5H3,(H,28,29)/t17?,18?,19-;;16?,17?,18-/m0.0/s1. The van der Waals surface area contributed by atoms with E-state index in [-0.39, 0.29) is 87.7 Å². The molecule has 0 radical (unpaired) electrons. The summed E-state index contributed by atoms with van der Waals surface area (Å²) in [7, 11) is -4.05. The van der Waals surface area contributed by atoms with Crippen molar-refractivity contribution in [3.8, 4) is 35.5 Å². The molecule has 18 nitrogen and oxygen atoms in total. The molecule has 0 bridgehead atoms. The molecule has 3 aromatic heterocycles. The first-order chi connectivity index (χ1) is 45.2. The van der Waals surface area contributed by atoms with Crippen molar-refractivity contribution in [3.63, 3.8) is 0 Å². The number of methoxy groups -OCH3 is 2. The largest absolute Gasteiger partial charge is 0.477 e. The van der Waals surface area contributed by atoms with Gasteiger partial charge in [-0.25, -0.2) is 39.8 Å². The van der Waals surface area contributed by atoms with Crippen molar-refractivity contribution >= 4 is 107 Å². The van der Waals surface area contributed by atoms with E-state index in [1.807, 2.05) is 52.5 Å². The van der Waals surface area contributed by atoms with Gasteiger partial charge < -0.3 is 29.3 Å². The van der Waals surface area contributed by atoms with Gasteiger partial charge >= 0.3 is 17.9 Å².